The summed E-state index contributed by atoms with van der Waals surface area (Å²) in [7, 11) is 1.58. The Balaban J connectivity index is 1.87. The van der Waals surface area contributed by atoms with E-state index in [4.69, 9.17) is 10.00 Å². The van der Waals surface area contributed by atoms with Gasteiger partial charge in [0, 0.05) is 5.69 Å². The molecule has 0 bridgehead atoms. The number of hydrogen-bond donors (Lipinski definition) is 2. The third kappa shape index (κ3) is 5.14. The first-order chi connectivity index (χ1) is 14.1. The molecule has 0 fully saturated rings. The maximum absolute atomic E-state index is 13.2. The van der Waals surface area contributed by atoms with Crippen molar-refractivity contribution in [1.82, 2.24) is 0 Å². The molecular weight excluding hydrogens is 362 g/mol. The summed E-state index contributed by atoms with van der Waals surface area (Å²) in [6, 6.07) is 24.3. The van der Waals surface area contributed by atoms with Gasteiger partial charge in [0.25, 0.3) is 5.91 Å². The maximum atomic E-state index is 13.2. The lowest BCUT2D eigenvalue weighted by molar-refractivity contribution is -0.117. The van der Waals surface area contributed by atoms with E-state index >= 15 is 0 Å². The van der Waals surface area contributed by atoms with Crippen LogP contribution in [0.25, 0.3) is 0 Å². The molecule has 3 rings (SSSR count). The molecule has 5 nitrogen and oxygen atoms in total. The van der Waals surface area contributed by atoms with Gasteiger partial charge in [-0.25, -0.2) is 0 Å². The van der Waals surface area contributed by atoms with E-state index in [1.54, 1.807) is 7.11 Å². The molecule has 0 aliphatic rings. The number of amides is 1. The van der Waals surface area contributed by atoms with Crippen LogP contribution in [-0.2, 0) is 11.2 Å². The second-order valence-electron chi connectivity index (χ2n) is 6.71. The van der Waals surface area contributed by atoms with E-state index in [1.165, 1.54) is 0 Å². The van der Waals surface area contributed by atoms with E-state index in [9.17, 15) is 4.79 Å². The number of nitriles is 1. The Labute approximate surface area is 171 Å². The Morgan fingerprint density at radius 2 is 1.79 bits per heavy atom. The first kappa shape index (κ1) is 20.0. The first-order valence-corrected chi connectivity index (χ1v) is 9.33. The minimum atomic E-state index is -0.594. The lowest BCUT2D eigenvalue weighted by Crippen LogP contribution is -2.27. The second kappa shape index (κ2) is 9.43. The summed E-state index contributed by atoms with van der Waals surface area (Å²) in [4.78, 5) is 13.2. The van der Waals surface area contributed by atoms with E-state index in [1.807, 2.05) is 79.7 Å². The summed E-state index contributed by atoms with van der Waals surface area (Å²) in [6.07, 6.45) is 0.357. The minimum Gasteiger partial charge on any atom is -0.495 e. The van der Waals surface area contributed by atoms with Crippen LogP contribution in [0.3, 0.4) is 0 Å². The topological polar surface area (TPSA) is 74.2 Å². The quantitative estimate of drug-likeness (QED) is 0.609. The van der Waals surface area contributed by atoms with Crippen molar-refractivity contribution in [2.24, 2.45) is 0 Å². The third-order valence-electron chi connectivity index (χ3n) is 4.56. The van der Waals surface area contributed by atoms with Gasteiger partial charge >= 0.3 is 0 Å². The Morgan fingerprint density at radius 3 is 2.45 bits per heavy atom. The average molecular weight is 385 g/mol. The van der Waals surface area contributed by atoms with Gasteiger partial charge < -0.3 is 15.4 Å². The fourth-order valence-corrected chi connectivity index (χ4v) is 3.05. The van der Waals surface area contributed by atoms with Crippen LogP contribution in [0.2, 0.25) is 0 Å². The molecule has 0 spiro atoms. The lowest BCUT2D eigenvalue weighted by Gasteiger charge is -2.21. The fourth-order valence-electron chi connectivity index (χ4n) is 3.05. The van der Waals surface area contributed by atoms with Crippen LogP contribution in [-0.4, -0.2) is 13.0 Å². The molecule has 1 amide bonds. The van der Waals surface area contributed by atoms with E-state index in [0.29, 0.717) is 17.9 Å². The van der Waals surface area contributed by atoms with Crippen LogP contribution in [0, 0.1) is 18.3 Å². The van der Waals surface area contributed by atoms with Gasteiger partial charge in [0.1, 0.15) is 11.8 Å². The Bertz CT molecular complexity index is 1010. The zero-order chi connectivity index (χ0) is 20.6. The highest BCUT2D eigenvalue weighted by Crippen LogP contribution is 2.28. The molecule has 0 heterocycles. The summed E-state index contributed by atoms with van der Waals surface area (Å²) in [6.45, 7) is 1.96. The van der Waals surface area contributed by atoms with Crippen molar-refractivity contribution >= 4 is 17.3 Å². The molecule has 5 heteroatoms. The smallest absolute Gasteiger partial charge is 0.251 e. The Kier molecular flexibility index (Phi) is 6.49. The number of ether oxygens (including phenoxy) is 1. The predicted molar refractivity (Wildman–Crippen MR) is 115 cm³/mol. The predicted octanol–water partition coefficient (Wildman–Crippen LogP) is 4.86. The van der Waals surface area contributed by atoms with Crippen molar-refractivity contribution < 1.29 is 9.53 Å². The zero-order valence-corrected chi connectivity index (χ0v) is 16.5. The van der Waals surface area contributed by atoms with Crippen LogP contribution in [0.4, 0.5) is 11.4 Å². The normalized spacial score (nSPS) is 11.2. The number of nitrogens with one attached hydrogen (secondary N) is 2. The van der Waals surface area contributed by atoms with Crippen LogP contribution < -0.4 is 15.4 Å². The third-order valence-corrected chi connectivity index (χ3v) is 4.56. The molecule has 1 unspecified atom stereocenters. The number of anilines is 2. The van der Waals surface area contributed by atoms with Gasteiger partial charge in [0.05, 0.1) is 25.3 Å². The molecule has 0 aliphatic heterocycles. The number of carbonyl (C=O) groups excluding carboxylic acids is 1. The monoisotopic (exact) mass is 385 g/mol. The molecule has 0 saturated heterocycles. The van der Waals surface area contributed by atoms with Gasteiger partial charge in [0.2, 0.25) is 0 Å². The van der Waals surface area contributed by atoms with Gasteiger partial charge in [0.15, 0.2) is 0 Å². The summed E-state index contributed by atoms with van der Waals surface area (Å²) in [5, 5.41) is 15.1. The summed E-state index contributed by atoms with van der Waals surface area (Å²) < 4.78 is 5.38. The molecule has 2 N–H and O–H groups in total. The highest BCUT2D eigenvalue weighted by Gasteiger charge is 2.22. The fraction of sp³-hybridized carbons (Fsp3) is 0.167. The van der Waals surface area contributed by atoms with Crippen molar-refractivity contribution in [2.45, 2.75) is 19.4 Å². The second-order valence-corrected chi connectivity index (χ2v) is 6.71. The van der Waals surface area contributed by atoms with Crippen molar-refractivity contribution in [3.05, 3.63) is 89.5 Å². The Morgan fingerprint density at radius 1 is 1.07 bits per heavy atom. The highest BCUT2D eigenvalue weighted by atomic mass is 16.5. The molecule has 3 aromatic rings. The van der Waals surface area contributed by atoms with Gasteiger partial charge in [-0.2, -0.15) is 5.26 Å². The van der Waals surface area contributed by atoms with Crippen LogP contribution >= 0.6 is 0 Å². The number of nitrogens with zero attached hydrogens (tertiary/aromatic N) is 1. The molecule has 0 aromatic heterocycles. The van der Waals surface area contributed by atoms with E-state index in [-0.39, 0.29) is 5.91 Å². The van der Waals surface area contributed by atoms with E-state index < -0.39 is 6.04 Å². The minimum absolute atomic E-state index is 0.193. The lowest BCUT2D eigenvalue weighted by atomic mass is 10.0. The van der Waals surface area contributed by atoms with Crippen LogP contribution in [0.1, 0.15) is 22.7 Å². The van der Waals surface area contributed by atoms with Gasteiger partial charge in [-0.05, 0) is 47.9 Å². The van der Waals surface area contributed by atoms with Gasteiger partial charge in [-0.3, -0.25) is 4.79 Å². The number of rotatable bonds is 7. The van der Waals surface area contributed by atoms with Crippen molar-refractivity contribution in [3.8, 4) is 11.8 Å². The largest absolute Gasteiger partial charge is 0.495 e. The molecular formula is C24H23N3O2. The maximum Gasteiger partial charge on any atom is 0.251 e. The molecule has 29 heavy (non-hydrogen) atoms. The SMILES string of the molecule is COc1ccc(C)cc1NC(=O)C(Nc1ccc(CC#N)cc1)c1ccccc1. The number of hydrogen-bond acceptors (Lipinski definition) is 4. The molecule has 1 atom stereocenters. The van der Waals surface area contributed by atoms with Gasteiger partial charge in [-0.15, -0.1) is 0 Å². The van der Waals surface area contributed by atoms with Crippen LogP contribution in [0.5, 0.6) is 5.75 Å². The number of carbonyl (C=O) groups is 1. The summed E-state index contributed by atoms with van der Waals surface area (Å²) in [5.74, 6) is 0.415. The van der Waals surface area contributed by atoms with Crippen LogP contribution in [0.15, 0.2) is 72.8 Å². The zero-order valence-electron chi connectivity index (χ0n) is 16.5. The summed E-state index contributed by atoms with van der Waals surface area (Å²) in [5.41, 5.74) is 4.23. The van der Waals surface area contributed by atoms with E-state index in [2.05, 4.69) is 16.7 Å². The first-order valence-electron chi connectivity index (χ1n) is 9.33. The average Bonchev–Trinajstić information content (AvgIpc) is 2.74. The van der Waals surface area contributed by atoms with Crippen molar-refractivity contribution in [1.29, 1.82) is 5.26 Å². The number of methoxy groups -OCH3 is 1. The number of aryl methyl sites for hydroxylation is 1. The molecule has 0 saturated carbocycles. The highest BCUT2D eigenvalue weighted by molar-refractivity contribution is 5.98. The molecule has 3 aromatic carbocycles. The Hall–Kier alpha value is -3.78. The molecule has 0 aliphatic carbocycles. The molecule has 146 valence electrons. The summed E-state index contributed by atoms with van der Waals surface area (Å²) >= 11 is 0. The van der Waals surface area contributed by atoms with Gasteiger partial charge in [-0.1, -0.05) is 48.5 Å². The van der Waals surface area contributed by atoms with Crippen molar-refractivity contribution in [3.63, 3.8) is 0 Å². The van der Waals surface area contributed by atoms with Crippen molar-refractivity contribution in [2.75, 3.05) is 17.7 Å². The number of benzene rings is 3. The van der Waals surface area contributed by atoms with E-state index in [0.717, 1.165) is 22.4 Å². The molecule has 0 radical (unpaired) electrons. The standard InChI is InChI=1S/C24H23N3O2/c1-17-8-13-22(29-2)21(16-17)27-24(28)23(19-6-4-3-5-7-19)26-20-11-9-18(10-12-20)14-15-25/h3-13,16,23,26H,14H2,1-2H3,(H,27,28).